The van der Waals surface area contributed by atoms with Gasteiger partial charge in [0.25, 0.3) is 11.7 Å². The smallest absolute Gasteiger partial charge is 0.329 e. The van der Waals surface area contributed by atoms with Gasteiger partial charge in [-0.25, -0.2) is 4.79 Å². The lowest BCUT2D eigenvalue weighted by molar-refractivity contribution is -0.302. The lowest BCUT2D eigenvalue weighted by Crippen LogP contribution is -2.64. The molecule has 1 saturated carbocycles. The highest BCUT2D eigenvalue weighted by Crippen LogP contribution is 2.40. The molecule has 0 radical (unpaired) electrons. The van der Waals surface area contributed by atoms with Gasteiger partial charge in [0.15, 0.2) is 0 Å². The minimum atomic E-state index is -2.54. The lowest BCUT2D eigenvalue weighted by atomic mass is 9.81. The Hall–Kier alpha value is -3.92. The van der Waals surface area contributed by atoms with Crippen molar-refractivity contribution in [2.24, 2.45) is 36.6 Å². The van der Waals surface area contributed by atoms with Gasteiger partial charge in [-0.15, -0.1) is 0 Å². The fourth-order valence-electron chi connectivity index (χ4n) is 11.1. The first-order chi connectivity index (χ1) is 31.4. The summed E-state index contributed by atoms with van der Waals surface area (Å²) in [6, 6.07) is 7.52. The van der Waals surface area contributed by atoms with E-state index in [-0.39, 0.29) is 67.9 Å². The van der Waals surface area contributed by atoms with Crippen LogP contribution in [0.25, 0.3) is 10.9 Å². The molecule has 14 nitrogen and oxygen atoms in total. The number of allylic oxidation sites excluding steroid dienone is 2. The van der Waals surface area contributed by atoms with Crippen molar-refractivity contribution in [3.63, 3.8) is 0 Å². The maximum atomic E-state index is 14.5. The van der Waals surface area contributed by atoms with Crippen LogP contribution in [-0.2, 0) is 49.9 Å². The van der Waals surface area contributed by atoms with Gasteiger partial charge in [0.2, 0.25) is 5.79 Å². The zero-order valence-electron chi connectivity index (χ0n) is 41.0. The van der Waals surface area contributed by atoms with Gasteiger partial charge < -0.3 is 48.7 Å². The van der Waals surface area contributed by atoms with E-state index in [1.807, 2.05) is 47.7 Å². The van der Waals surface area contributed by atoms with Crippen LogP contribution in [0.15, 0.2) is 53.8 Å². The van der Waals surface area contributed by atoms with Gasteiger partial charge in [-0.1, -0.05) is 39.8 Å². The molecule has 14 atom stereocenters. The van der Waals surface area contributed by atoms with Gasteiger partial charge in [0, 0.05) is 76.0 Å². The minimum absolute atomic E-state index is 0.0330. The van der Waals surface area contributed by atoms with Gasteiger partial charge in [-0.05, 0) is 131 Å². The molecule has 66 heavy (non-hydrogen) atoms. The summed E-state index contributed by atoms with van der Waals surface area (Å²) in [4.78, 5) is 58.5. The number of ketones is 2. The molecule has 3 aliphatic heterocycles. The van der Waals surface area contributed by atoms with Gasteiger partial charge >= 0.3 is 5.97 Å². The van der Waals surface area contributed by atoms with Crippen LogP contribution in [0.1, 0.15) is 112 Å². The van der Waals surface area contributed by atoms with Crippen LogP contribution < -0.4 is 5.32 Å². The molecule has 3 fully saturated rings. The number of aryl methyl sites for hydroxylation is 1. The highest BCUT2D eigenvalue weighted by molar-refractivity contribution is 6.39. The zero-order valence-corrected chi connectivity index (χ0v) is 41.0. The number of anilines is 1. The Balaban J connectivity index is 1.29. The van der Waals surface area contributed by atoms with Crippen molar-refractivity contribution in [1.82, 2.24) is 9.47 Å². The van der Waals surface area contributed by atoms with Crippen molar-refractivity contribution in [1.29, 1.82) is 0 Å². The van der Waals surface area contributed by atoms with Crippen molar-refractivity contribution in [3.05, 3.63) is 53.8 Å². The molecular formula is C52H77N3O11. The molecule has 4 heterocycles. The number of carbonyl (C=O) groups is 4. The van der Waals surface area contributed by atoms with E-state index in [0.29, 0.717) is 31.3 Å². The quantitative estimate of drug-likeness (QED) is 0.140. The number of nitrogens with one attached hydrogen (secondary N) is 1. The highest BCUT2D eigenvalue weighted by atomic mass is 16.7. The molecule has 3 N–H and O–H groups in total. The number of methoxy groups -OCH3 is 3. The molecule has 14 heteroatoms. The Kier molecular flexibility index (Phi) is 17.5. The number of aliphatic hydroxyl groups is 2. The Morgan fingerprint density at radius 1 is 0.924 bits per heavy atom. The van der Waals surface area contributed by atoms with Gasteiger partial charge in [0.05, 0.1) is 30.5 Å². The second kappa shape index (κ2) is 22.5. The molecule has 2 saturated heterocycles. The van der Waals surface area contributed by atoms with E-state index in [1.54, 1.807) is 14.0 Å². The number of fused-ring (bicyclic) bond motifs is 4. The van der Waals surface area contributed by atoms with Crippen LogP contribution >= 0.6 is 0 Å². The first kappa shape index (κ1) is 51.5. The fourth-order valence-corrected chi connectivity index (χ4v) is 11.1. The number of hydrogen-bond donors (Lipinski definition) is 3. The van der Waals surface area contributed by atoms with Crippen molar-refractivity contribution in [2.45, 2.75) is 167 Å². The van der Waals surface area contributed by atoms with Crippen LogP contribution in [0.2, 0.25) is 0 Å². The topological polar surface area (TPSA) is 175 Å². The van der Waals surface area contributed by atoms with Gasteiger partial charge in [-0.3, -0.25) is 14.4 Å². The number of benzene rings is 1. The van der Waals surface area contributed by atoms with E-state index in [0.717, 1.165) is 41.4 Å². The maximum Gasteiger partial charge on any atom is 0.329 e. The van der Waals surface area contributed by atoms with Crippen LogP contribution in [0, 0.1) is 29.6 Å². The molecule has 6 rings (SSSR count). The third-order valence-corrected chi connectivity index (χ3v) is 15.3. The average molecular weight is 920 g/mol. The second-order valence-corrected chi connectivity index (χ2v) is 19.9. The molecule has 2 bridgehead atoms. The number of aliphatic hydroxyl groups excluding tert-OH is 1. The standard InChI is InChI=1S/C52H77N3O11/c1-11-36-25-31(3)46(57)32(4)26-44(63-9)48-45(64-10)27-34(6)52(61,66-48)49(58)50(59)55-22-13-12-14-41(55)51(60)65-47(30(2)15-20-42(36)56)33(5)24-35-16-18-39(43(28-35)62-8)53-38-17-19-40-37(29-38)21-23-54(40)7/h17,19,21,23-25,29-30,32,34-36,39,41,43-48,53,57,61H,11-16,18,20,22,26-28H2,1-10H3/b31-25+,33-24?. The fraction of sp³-hybridized carbons (Fsp3) is 0.692. The zero-order chi connectivity index (χ0) is 48.0. The molecule has 0 spiro atoms. The Morgan fingerprint density at radius 3 is 2.33 bits per heavy atom. The third-order valence-electron chi connectivity index (χ3n) is 15.3. The number of carbonyl (C=O) groups excluding carboxylic acids is 4. The van der Waals surface area contributed by atoms with Crippen LogP contribution in [0.4, 0.5) is 5.69 Å². The molecule has 1 amide bonds. The van der Waals surface area contributed by atoms with Gasteiger partial charge in [-0.2, -0.15) is 0 Å². The van der Waals surface area contributed by atoms with E-state index < -0.39 is 71.8 Å². The summed E-state index contributed by atoms with van der Waals surface area (Å²) in [6.45, 7) is 11.3. The number of hydrogen-bond acceptors (Lipinski definition) is 12. The van der Waals surface area contributed by atoms with E-state index >= 15 is 0 Å². The van der Waals surface area contributed by atoms with E-state index in [1.165, 1.54) is 19.1 Å². The number of rotatable bonds is 8. The maximum absolute atomic E-state index is 14.5. The number of aromatic nitrogens is 1. The Morgan fingerprint density at radius 2 is 1.64 bits per heavy atom. The van der Waals surface area contributed by atoms with Gasteiger partial charge in [0.1, 0.15) is 24.0 Å². The van der Waals surface area contributed by atoms with Crippen molar-refractivity contribution in [2.75, 3.05) is 33.2 Å². The number of piperidine rings is 1. The second-order valence-electron chi connectivity index (χ2n) is 19.9. The number of ether oxygens (including phenoxy) is 5. The van der Waals surface area contributed by atoms with Crippen molar-refractivity contribution >= 4 is 40.0 Å². The largest absolute Gasteiger partial charge is 0.456 e. The van der Waals surface area contributed by atoms with Crippen LogP contribution in [0.5, 0.6) is 0 Å². The lowest BCUT2D eigenvalue weighted by Gasteiger charge is -2.47. The molecule has 1 aromatic heterocycles. The van der Waals surface area contributed by atoms with Crippen molar-refractivity contribution in [3.8, 4) is 0 Å². The molecule has 366 valence electrons. The minimum Gasteiger partial charge on any atom is -0.456 e. The van der Waals surface area contributed by atoms with Crippen LogP contribution in [-0.4, -0.2) is 125 Å². The highest BCUT2D eigenvalue weighted by Gasteiger charge is 2.56. The third kappa shape index (κ3) is 11.3. The van der Waals surface area contributed by atoms with E-state index in [4.69, 9.17) is 23.7 Å². The Labute approximate surface area is 391 Å². The summed E-state index contributed by atoms with van der Waals surface area (Å²) in [7, 11) is 6.78. The summed E-state index contributed by atoms with van der Waals surface area (Å²) in [5.74, 6) is -7.15. The first-order valence-electron chi connectivity index (χ1n) is 24.4. The first-order valence-corrected chi connectivity index (χ1v) is 24.4. The number of amides is 1. The molecular weight excluding hydrogens is 843 g/mol. The normalized spacial score (nSPS) is 37.1. The predicted octanol–water partition coefficient (Wildman–Crippen LogP) is 7.08. The summed E-state index contributed by atoms with van der Waals surface area (Å²) < 4.78 is 32.7. The monoisotopic (exact) mass is 920 g/mol. The summed E-state index contributed by atoms with van der Waals surface area (Å²) in [5.41, 5.74) is 3.70. The number of esters is 1. The van der Waals surface area contributed by atoms with E-state index in [9.17, 15) is 29.4 Å². The molecule has 4 aliphatic rings. The molecule has 14 unspecified atom stereocenters. The van der Waals surface area contributed by atoms with Crippen molar-refractivity contribution < 1.29 is 53.1 Å². The number of nitrogens with zero attached hydrogens (tertiary/aromatic N) is 2. The summed E-state index contributed by atoms with van der Waals surface area (Å²) >= 11 is 0. The summed E-state index contributed by atoms with van der Waals surface area (Å²) in [5, 5.41) is 28.6. The molecule has 2 aromatic rings. The van der Waals surface area contributed by atoms with E-state index in [2.05, 4.69) is 46.4 Å². The van der Waals surface area contributed by atoms with Crippen LogP contribution in [0.3, 0.4) is 0 Å². The molecule has 1 aliphatic carbocycles. The SMILES string of the molecule is CCC1/C=C(\C)C(O)C(C)CC(OC)C2OC(O)(C(=O)C(=O)N3CCCCC3C(=O)OC(C(C)=CC3CCC(Nc4ccc5c(ccn5C)c4)C(OC)C3)C(C)CCC1=O)C(C)CC2OC. The number of Topliss-reactive ketones (excluding diaryl/α,β-unsaturated/α-hetero) is 2. The molecule has 1 aromatic carbocycles. The number of cyclic esters (lactones) is 1. The average Bonchev–Trinajstić information content (AvgIpc) is 3.69. The summed E-state index contributed by atoms with van der Waals surface area (Å²) in [6.07, 6.45) is 7.61. The predicted molar refractivity (Wildman–Crippen MR) is 252 cm³/mol. The Bertz CT molecular complexity index is 2080.